The van der Waals surface area contributed by atoms with Gasteiger partial charge in [-0.05, 0) is 39.9 Å². The molecule has 0 aromatic carbocycles. The predicted molar refractivity (Wildman–Crippen MR) is 93.2 cm³/mol. The molecule has 0 atom stereocenters. The SMILES string of the molecule is CCN(CC)CCCNC(=O)Cn1cnc2oc(C)c(C)c2c1=O. The first kappa shape index (κ1) is 18.2. The molecule has 0 saturated carbocycles. The number of hydrogen-bond donors (Lipinski definition) is 1. The van der Waals surface area contributed by atoms with Crippen LogP contribution in [-0.4, -0.2) is 46.5 Å². The van der Waals surface area contributed by atoms with E-state index in [9.17, 15) is 9.59 Å². The molecule has 2 aromatic rings. The molecule has 0 saturated heterocycles. The lowest BCUT2D eigenvalue weighted by Gasteiger charge is -2.17. The molecule has 0 unspecified atom stereocenters. The van der Waals surface area contributed by atoms with Crippen LogP contribution in [0.2, 0.25) is 0 Å². The zero-order valence-corrected chi connectivity index (χ0v) is 14.9. The molecule has 0 bridgehead atoms. The fraction of sp³-hybridized carbons (Fsp3) is 0.588. The van der Waals surface area contributed by atoms with Gasteiger partial charge in [0.05, 0.1) is 0 Å². The summed E-state index contributed by atoms with van der Waals surface area (Å²) >= 11 is 0. The van der Waals surface area contributed by atoms with Gasteiger partial charge in [-0.2, -0.15) is 0 Å². The van der Waals surface area contributed by atoms with Crippen LogP contribution in [0.4, 0.5) is 0 Å². The van der Waals surface area contributed by atoms with Gasteiger partial charge in [-0.1, -0.05) is 13.8 Å². The molecule has 7 heteroatoms. The van der Waals surface area contributed by atoms with E-state index in [4.69, 9.17) is 4.42 Å². The van der Waals surface area contributed by atoms with Crippen LogP contribution in [0.3, 0.4) is 0 Å². The van der Waals surface area contributed by atoms with E-state index >= 15 is 0 Å². The van der Waals surface area contributed by atoms with Crippen LogP contribution in [0.1, 0.15) is 31.6 Å². The highest BCUT2D eigenvalue weighted by atomic mass is 16.3. The standard InChI is InChI=1S/C17H26N4O3/c1-5-20(6-2)9-7-8-18-14(22)10-21-11-19-16-15(17(21)23)12(3)13(4)24-16/h11H,5-10H2,1-4H3,(H,18,22). The first-order valence-electron chi connectivity index (χ1n) is 8.42. The fourth-order valence-electron chi connectivity index (χ4n) is 2.66. The Morgan fingerprint density at radius 3 is 2.71 bits per heavy atom. The van der Waals surface area contributed by atoms with Crippen molar-refractivity contribution >= 4 is 17.0 Å². The first-order chi connectivity index (χ1) is 11.5. The Kier molecular flexibility index (Phi) is 6.14. The molecule has 7 nitrogen and oxygen atoms in total. The van der Waals surface area contributed by atoms with E-state index in [-0.39, 0.29) is 18.0 Å². The summed E-state index contributed by atoms with van der Waals surface area (Å²) in [6.07, 6.45) is 2.25. The molecular formula is C17H26N4O3. The molecule has 1 N–H and O–H groups in total. The number of carbonyl (C=O) groups excluding carboxylic acids is 1. The van der Waals surface area contributed by atoms with Crippen molar-refractivity contribution in [2.24, 2.45) is 0 Å². The topological polar surface area (TPSA) is 80.4 Å². The highest BCUT2D eigenvalue weighted by Gasteiger charge is 2.15. The quantitative estimate of drug-likeness (QED) is 0.739. The minimum Gasteiger partial charge on any atom is -0.443 e. The third kappa shape index (κ3) is 4.03. The largest absolute Gasteiger partial charge is 0.443 e. The minimum atomic E-state index is -0.243. The maximum atomic E-state index is 12.5. The van der Waals surface area contributed by atoms with Gasteiger partial charge in [-0.15, -0.1) is 0 Å². The van der Waals surface area contributed by atoms with Crippen LogP contribution < -0.4 is 10.9 Å². The Balaban J connectivity index is 1.95. The van der Waals surface area contributed by atoms with E-state index in [0.29, 0.717) is 23.4 Å². The Labute approximate surface area is 141 Å². The second kappa shape index (κ2) is 8.10. The number of hydrogen-bond acceptors (Lipinski definition) is 5. The van der Waals surface area contributed by atoms with Gasteiger partial charge < -0.3 is 14.6 Å². The van der Waals surface area contributed by atoms with Crippen molar-refractivity contribution in [2.45, 2.75) is 40.7 Å². The lowest BCUT2D eigenvalue weighted by molar-refractivity contribution is -0.121. The molecule has 2 rings (SSSR count). The average Bonchev–Trinajstić information content (AvgIpc) is 2.85. The Bertz CT molecular complexity index is 759. The van der Waals surface area contributed by atoms with Crippen molar-refractivity contribution in [1.82, 2.24) is 19.8 Å². The van der Waals surface area contributed by atoms with Crippen molar-refractivity contribution in [3.05, 3.63) is 28.0 Å². The van der Waals surface area contributed by atoms with E-state index in [2.05, 4.69) is 29.0 Å². The number of rotatable bonds is 8. The molecule has 132 valence electrons. The van der Waals surface area contributed by atoms with Gasteiger partial charge in [0.1, 0.15) is 24.0 Å². The number of aryl methyl sites for hydroxylation is 2. The van der Waals surface area contributed by atoms with Gasteiger partial charge >= 0.3 is 0 Å². The van der Waals surface area contributed by atoms with Crippen LogP contribution in [0.15, 0.2) is 15.5 Å². The summed E-state index contributed by atoms with van der Waals surface area (Å²) in [6.45, 7) is 11.4. The number of amides is 1. The number of furan rings is 1. The normalized spacial score (nSPS) is 11.4. The van der Waals surface area contributed by atoms with Crippen molar-refractivity contribution in [3.8, 4) is 0 Å². The van der Waals surface area contributed by atoms with Crippen molar-refractivity contribution in [2.75, 3.05) is 26.2 Å². The lowest BCUT2D eigenvalue weighted by atomic mass is 10.2. The Morgan fingerprint density at radius 1 is 1.33 bits per heavy atom. The van der Waals surface area contributed by atoms with Crippen LogP contribution in [-0.2, 0) is 11.3 Å². The zero-order valence-electron chi connectivity index (χ0n) is 14.9. The Hall–Kier alpha value is -2.15. The van der Waals surface area contributed by atoms with Gasteiger partial charge in [0.25, 0.3) is 5.56 Å². The van der Waals surface area contributed by atoms with E-state index in [1.54, 1.807) is 6.92 Å². The summed E-state index contributed by atoms with van der Waals surface area (Å²) in [7, 11) is 0. The van der Waals surface area contributed by atoms with Crippen LogP contribution in [0.25, 0.3) is 11.1 Å². The minimum absolute atomic E-state index is 0.0310. The van der Waals surface area contributed by atoms with Crippen LogP contribution >= 0.6 is 0 Å². The van der Waals surface area contributed by atoms with Gasteiger partial charge in [0.15, 0.2) is 0 Å². The molecule has 1 amide bonds. The second-order valence-corrected chi connectivity index (χ2v) is 5.87. The van der Waals surface area contributed by atoms with E-state index in [1.807, 2.05) is 6.92 Å². The second-order valence-electron chi connectivity index (χ2n) is 5.87. The number of nitrogens with one attached hydrogen (secondary N) is 1. The predicted octanol–water partition coefficient (Wildman–Crippen LogP) is 1.45. The molecule has 0 spiro atoms. The van der Waals surface area contributed by atoms with Gasteiger partial charge in [-0.25, -0.2) is 4.98 Å². The highest BCUT2D eigenvalue weighted by Crippen LogP contribution is 2.18. The number of fused-ring (bicyclic) bond motifs is 1. The monoisotopic (exact) mass is 334 g/mol. The van der Waals surface area contributed by atoms with Crippen LogP contribution in [0.5, 0.6) is 0 Å². The smallest absolute Gasteiger partial charge is 0.265 e. The summed E-state index contributed by atoms with van der Waals surface area (Å²) < 4.78 is 6.76. The molecule has 0 radical (unpaired) electrons. The van der Waals surface area contributed by atoms with Gasteiger partial charge in [0.2, 0.25) is 11.6 Å². The molecule has 0 fully saturated rings. The molecule has 0 aliphatic heterocycles. The summed E-state index contributed by atoms with van der Waals surface area (Å²) in [5.41, 5.74) is 0.856. The Morgan fingerprint density at radius 2 is 2.04 bits per heavy atom. The average molecular weight is 334 g/mol. The maximum absolute atomic E-state index is 12.5. The summed E-state index contributed by atoms with van der Waals surface area (Å²) in [5.74, 6) is 0.490. The fourth-order valence-corrected chi connectivity index (χ4v) is 2.66. The molecule has 24 heavy (non-hydrogen) atoms. The van der Waals surface area contributed by atoms with Crippen molar-refractivity contribution in [1.29, 1.82) is 0 Å². The molecule has 0 aliphatic carbocycles. The highest BCUT2D eigenvalue weighted by molar-refractivity contribution is 5.79. The zero-order chi connectivity index (χ0) is 17.7. The molecule has 2 aromatic heterocycles. The number of carbonyl (C=O) groups is 1. The van der Waals surface area contributed by atoms with Crippen molar-refractivity contribution < 1.29 is 9.21 Å². The summed E-state index contributed by atoms with van der Waals surface area (Å²) in [4.78, 5) is 30.9. The maximum Gasteiger partial charge on any atom is 0.265 e. The van der Waals surface area contributed by atoms with Crippen LogP contribution in [0, 0.1) is 13.8 Å². The first-order valence-corrected chi connectivity index (χ1v) is 8.42. The lowest BCUT2D eigenvalue weighted by Crippen LogP contribution is -2.34. The van der Waals surface area contributed by atoms with Crippen molar-refractivity contribution in [3.63, 3.8) is 0 Å². The third-order valence-electron chi connectivity index (χ3n) is 4.34. The summed E-state index contributed by atoms with van der Waals surface area (Å²) in [6, 6.07) is 0. The summed E-state index contributed by atoms with van der Waals surface area (Å²) in [5, 5.41) is 3.30. The third-order valence-corrected chi connectivity index (χ3v) is 4.34. The number of aromatic nitrogens is 2. The van der Waals surface area contributed by atoms with E-state index in [0.717, 1.165) is 31.6 Å². The number of nitrogens with zero attached hydrogens (tertiary/aromatic N) is 3. The van der Waals surface area contributed by atoms with E-state index in [1.165, 1.54) is 10.9 Å². The molecule has 2 heterocycles. The molecule has 0 aliphatic rings. The van der Waals surface area contributed by atoms with Gasteiger partial charge in [0, 0.05) is 12.1 Å². The molecular weight excluding hydrogens is 308 g/mol. The van der Waals surface area contributed by atoms with Gasteiger partial charge in [-0.3, -0.25) is 14.2 Å². The van der Waals surface area contributed by atoms with E-state index < -0.39 is 0 Å².